The number of halogens is 1. The zero-order valence-electron chi connectivity index (χ0n) is 14.8. The van der Waals surface area contributed by atoms with E-state index in [4.69, 9.17) is 0 Å². The Labute approximate surface area is 155 Å². The molecule has 2 heterocycles. The molecule has 2 aromatic carbocycles. The highest BCUT2D eigenvalue weighted by molar-refractivity contribution is 5.93. The lowest BCUT2D eigenvalue weighted by atomic mass is 10.2. The van der Waals surface area contributed by atoms with Crippen LogP contribution in [0.4, 0.5) is 4.39 Å². The first kappa shape index (κ1) is 17.0. The summed E-state index contributed by atoms with van der Waals surface area (Å²) in [5.41, 5.74) is 2.91. The Hall–Kier alpha value is -3.48. The molecule has 0 aliphatic carbocycles. The number of fused-ring (bicyclic) bond motifs is 1. The number of H-pyrrole nitrogens is 1. The fourth-order valence-electron chi connectivity index (χ4n) is 2.96. The largest absolute Gasteiger partial charge is 0.340 e. The second-order valence-electron chi connectivity index (χ2n) is 6.42. The van der Waals surface area contributed by atoms with Crippen LogP contribution in [0.1, 0.15) is 21.7 Å². The van der Waals surface area contributed by atoms with E-state index in [0.717, 1.165) is 5.56 Å². The number of hydrogen-bond donors (Lipinski definition) is 1. The van der Waals surface area contributed by atoms with E-state index in [-0.39, 0.29) is 11.7 Å². The maximum atomic E-state index is 13.3. The summed E-state index contributed by atoms with van der Waals surface area (Å²) in [4.78, 5) is 21.6. The second kappa shape index (κ2) is 7.03. The van der Waals surface area contributed by atoms with Gasteiger partial charge < -0.3 is 9.88 Å². The maximum absolute atomic E-state index is 13.3. The first-order chi connectivity index (χ1) is 13.1. The summed E-state index contributed by atoms with van der Waals surface area (Å²) in [6.45, 7) is 0.895. The van der Waals surface area contributed by atoms with E-state index in [2.05, 4.69) is 15.1 Å². The molecule has 0 aliphatic rings. The van der Waals surface area contributed by atoms with Gasteiger partial charge >= 0.3 is 0 Å². The number of nitrogens with zero attached hydrogens (tertiary/aromatic N) is 4. The number of amides is 1. The van der Waals surface area contributed by atoms with Crippen molar-refractivity contribution in [2.24, 2.45) is 0 Å². The van der Waals surface area contributed by atoms with Crippen LogP contribution < -0.4 is 0 Å². The molecule has 1 N–H and O–H groups in total. The normalized spacial score (nSPS) is 11.0. The number of imidazole rings is 1. The lowest BCUT2D eigenvalue weighted by Crippen LogP contribution is -2.26. The number of carbonyl (C=O) groups excluding carboxylic acids is 1. The zero-order valence-corrected chi connectivity index (χ0v) is 14.8. The Morgan fingerprint density at radius 1 is 1.22 bits per heavy atom. The van der Waals surface area contributed by atoms with Gasteiger partial charge in [0, 0.05) is 13.2 Å². The Bertz CT molecular complexity index is 1090. The van der Waals surface area contributed by atoms with Crippen LogP contribution in [0.15, 0.2) is 60.9 Å². The quantitative estimate of drug-likeness (QED) is 0.592. The molecule has 1 amide bonds. The highest BCUT2D eigenvalue weighted by Gasteiger charge is 2.16. The fraction of sp³-hybridized carbons (Fsp3) is 0.150. The Morgan fingerprint density at radius 3 is 2.85 bits per heavy atom. The lowest BCUT2D eigenvalue weighted by molar-refractivity contribution is 0.0782. The average molecular weight is 363 g/mol. The molecule has 0 spiro atoms. The van der Waals surface area contributed by atoms with Crippen molar-refractivity contribution in [3.05, 3.63) is 83.7 Å². The number of rotatable bonds is 5. The summed E-state index contributed by atoms with van der Waals surface area (Å²) in [6.07, 6.45) is 3.30. The summed E-state index contributed by atoms with van der Waals surface area (Å²) in [5, 5.41) is 4.27. The van der Waals surface area contributed by atoms with Crippen molar-refractivity contribution >= 4 is 16.9 Å². The molecule has 0 aliphatic heterocycles. The molecule has 0 saturated carbocycles. The molecule has 0 fully saturated rings. The Morgan fingerprint density at radius 2 is 2.04 bits per heavy atom. The third-order valence-electron chi connectivity index (χ3n) is 4.29. The number of aromatic nitrogens is 4. The van der Waals surface area contributed by atoms with Crippen LogP contribution in [0, 0.1) is 5.82 Å². The summed E-state index contributed by atoms with van der Waals surface area (Å²) in [5.74, 6) is 0.122. The topological polar surface area (TPSA) is 66.8 Å². The van der Waals surface area contributed by atoms with E-state index < -0.39 is 0 Å². The third kappa shape index (κ3) is 3.72. The molecule has 0 bridgehead atoms. The first-order valence-corrected chi connectivity index (χ1v) is 8.54. The predicted octanol–water partition coefficient (Wildman–Crippen LogP) is 3.22. The predicted molar refractivity (Wildman–Crippen MR) is 99.6 cm³/mol. The molecule has 6 nitrogen and oxygen atoms in total. The molecule has 0 unspecified atom stereocenters. The van der Waals surface area contributed by atoms with Crippen molar-refractivity contribution in [1.82, 2.24) is 24.6 Å². The van der Waals surface area contributed by atoms with Gasteiger partial charge in [-0.3, -0.25) is 9.48 Å². The van der Waals surface area contributed by atoms with Gasteiger partial charge in [0.2, 0.25) is 0 Å². The number of hydrogen-bond acceptors (Lipinski definition) is 3. The van der Waals surface area contributed by atoms with Gasteiger partial charge in [-0.15, -0.1) is 0 Å². The molecule has 4 aromatic rings. The smallest absolute Gasteiger partial charge is 0.257 e. The van der Waals surface area contributed by atoms with Crippen LogP contribution in [-0.4, -0.2) is 37.6 Å². The van der Waals surface area contributed by atoms with Gasteiger partial charge in [0.25, 0.3) is 5.91 Å². The molecular formula is C20H18FN5O. The summed E-state index contributed by atoms with van der Waals surface area (Å²) >= 11 is 0. The van der Waals surface area contributed by atoms with Crippen molar-refractivity contribution in [2.45, 2.75) is 13.1 Å². The minimum atomic E-state index is -0.326. The van der Waals surface area contributed by atoms with E-state index >= 15 is 0 Å². The first-order valence-electron chi connectivity index (χ1n) is 8.54. The van der Waals surface area contributed by atoms with Crippen molar-refractivity contribution < 1.29 is 9.18 Å². The minimum Gasteiger partial charge on any atom is -0.340 e. The standard InChI is InChI=1S/C20H18FN5O/c1-25(13-19-23-17-8-7-16(21)9-18(17)24-19)20(27)15-10-22-26(12-15)11-14-5-3-2-4-6-14/h2-10,12H,11,13H2,1H3,(H,23,24). The molecule has 0 saturated heterocycles. The van der Waals surface area contributed by atoms with Crippen LogP contribution in [0.5, 0.6) is 0 Å². The Balaban J connectivity index is 1.45. The lowest BCUT2D eigenvalue weighted by Gasteiger charge is -2.14. The van der Waals surface area contributed by atoms with Gasteiger partial charge in [0.05, 0.1) is 35.9 Å². The van der Waals surface area contributed by atoms with Crippen LogP contribution in [0.2, 0.25) is 0 Å². The van der Waals surface area contributed by atoms with Gasteiger partial charge in [0.1, 0.15) is 11.6 Å². The molecule has 27 heavy (non-hydrogen) atoms. The van der Waals surface area contributed by atoms with Gasteiger partial charge in [-0.05, 0) is 23.8 Å². The third-order valence-corrected chi connectivity index (χ3v) is 4.29. The monoisotopic (exact) mass is 363 g/mol. The van der Waals surface area contributed by atoms with Crippen LogP contribution >= 0.6 is 0 Å². The van der Waals surface area contributed by atoms with Crippen molar-refractivity contribution in [1.29, 1.82) is 0 Å². The van der Waals surface area contributed by atoms with Crippen molar-refractivity contribution in [3.63, 3.8) is 0 Å². The molecule has 0 radical (unpaired) electrons. The SMILES string of the molecule is CN(Cc1nc2ccc(F)cc2[nH]1)C(=O)c1cnn(Cc2ccccc2)c1. The summed E-state index contributed by atoms with van der Waals surface area (Å²) in [6, 6.07) is 14.3. The fourth-order valence-corrected chi connectivity index (χ4v) is 2.96. The molecule has 7 heteroatoms. The number of carbonyl (C=O) groups is 1. The van der Waals surface area contributed by atoms with Crippen LogP contribution in [0.3, 0.4) is 0 Å². The van der Waals surface area contributed by atoms with E-state index in [1.807, 2.05) is 30.3 Å². The summed E-state index contributed by atoms with van der Waals surface area (Å²) < 4.78 is 15.0. The zero-order chi connectivity index (χ0) is 18.8. The molecule has 0 atom stereocenters. The average Bonchev–Trinajstić information content (AvgIpc) is 3.28. The van der Waals surface area contributed by atoms with Crippen LogP contribution in [0.25, 0.3) is 11.0 Å². The van der Waals surface area contributed by atoms with E-state index in [9.17, 15) is 9.18 Å². The summed E-state index contributed by atoms with van der Waals surface area (Å²) in [7, 11) is 1.70. The highest BCUT2D eigenvalue weighted by Crippen LogP contribution is 2.14. The maximum Gasteiger partial charge on any atom is 0.257 e. The van der Waals surface area contributed by atoms with E-state index in [1.54, 1.807) is 35.1 Å². The van der Waals surface area contributed by atoms with Gasteiger partial charge in [-0.25, -0.2) is 9.37 Å². The molecule has 2 aromatic heterocycles. The van der Waals surface area contributed by atoms with Crippen molar-refractivity contribution in [3.8, 4) is 0 Å². The molecular weight excluding hydrogens is 345 g/mol. The number of benzene rings is 2. The van der Waals surface area contributed by atoms with Gasteiger partial charge in [0.15, 0.2) is 0 Å². The minimum absolute atomic E-state index is 0.152. The highest BCUT2D eigenvalue weighted by atomic mass is 19.1. The number of nitrogens with one attached hydrogen (secondary N) is 1. The van der Waals surface area contributed by atoms with Gasteiger partial charge in [-0.1, -0.05) is 30.3 Å². The van der Waals surface area contributed by atoms with E-state index in [0.29, 0.717) is 35.5 Å². The Kier molecular flexibility index (Phi) is 4.42. The van der Waals surface area contributed by atoms with Gasteiger partial charge in [-0.2, -0.15) is 5.10 Å². The van der Waals surface area contributed by atoms with E-state index in [1.165, 1.54) is 12.1 Å². The molecule has 136 valence electrons. The van der Waals surface area contributed by atoms with Crippen molar-refractivity contribution in [2.75, 3.05) is 7.05 Å². The van der Waals surface area contributed by atoms with Crippen LogP contribution in [-0.2, 0) is 13.1 Å². The second-order valence-corrected chi connectivity index (χ2v) is 6.42. The molecule has 4 rings (SSSR count). The number of aromatic amines is 1.